The first-order valence-corrected chi connectivity index (χ1v) is 5.22. The Bertz CT molecular complexity index is 473. The molecule has 3 nitrogen and oxygen atoms in total. The molecule has 0 aliphatic heterocycles. The van der Waals surface area contributed by atoms with Gasteiger partial charge in [0.05, 0.1) is 20.9 Å². The first kappa shape index (κ1) is 9.15. The quantitative estimate of drug-likeness (QED) is 0.604. The van der Waals surface area contributed by atoms with Gasteiger partial charge in [0, 0.05) is 6.21 Å². The topological polar surface area (TPSA) is 37.3 Å². The number of hydrazone groups is 1. The highest BCUT2D eigenvalue weighted by atomic mass is 32.1. The lowest BCUT2D eigenvalue weighted by molar-refractivity contribution is 1.33. The molecule has 2 aromatic rings. The van der Waals surface area contributed by atoms with Crippen LogP contribution in [0.2, 0.25) is 0 Å². The molecule has 4 heteroatoms. The number of anilines is 1. The summed E-state index contributed by atoms with van der Waals surface area (Å²) in [6.07, 6.45) is 1.72. The molecule has 0 aliphatic rings. The Labute approximate surface area is 86.5 Å². The van der Waals surface area contributed by atoms with Crippen molar-refractivity contribution < 1.29 is 0 Å². The normalized spacial score (nSPS) is 11.3. The fraction of sp³-hybridized carbons (Fsp3) is 0.200. The van der Waals surface area contributed by atoms with Crippen molar-refractivity contribution in [2.75, 3.05) is 5.43 Å². The molecule has 14 heavy (non-hydrogen) atoms. The average molecular weight is 205 g/mol. The fourth-order valence-electron chi connectivity index (χ4n) is 1.25. The van der Waals surface area contributed by atoms with E-state index in [1.165, 1.54) is 4.70 Å². The van der Waals surface area contributed by atoms with E-state index >= 15 is 0 Å². The Balaban J connectivity index is 2.40. The Kier molecular flexibility index (Phi) is 2.45. The van der Waals surface area contributed by atoms with Gasteiger partial charge in [0.25, 0.3) is 0 Å². The van der Waals surface area contributed by atoms with Crippen molar-refractivity contribution >= 4 is 33.5 Å². The van der Waals surface area contributed by atoms with Crippen molar-refractivity contribution in [1.29, 1.82) is 0 Å². The van der Waals surface area contributed by atoms with Crippen molar-refractivity contribution in [3.8, 4) is 0 Å². The maximum atomic E-state index is 4.39. The molecule has 0 bridgehead atoms. The lowest BCUT2D eigenvalue weighted by Gasteiger charge is -1.97. The SMILES string of the molecule is C/C=N\Nc1ccc2nc(C)sc2c1. The van der Waals surface area contributed by atoms with E-state index in [0.29, 0.717) is 0 Å². The van der Waals surface area contributed by atoms with Gasteiger partial charge in [-0.05, 0) is 32.0 Å². The number of aryl methyl sites for hydroxylation is 1. The Morgan fingerprint density at radius 3 is 3.14 bits per heavy atom. The second-order valence-electron chi connectivity index (χ2n) is 2.91. The van der Waals surface area contributed by atoms with Gasteiger partial charge < -0.3 is 0 Å². The molecule has 0 amide bonds. The van der Waals surface area contributed by atoms with Gasteiger partial charge in [-0.2, -0.15) is 5.10 Å². The molecule has 0 radical (unpaired) electrons. The van der Waals surface area contributed by atoms with E-state index in [2.05, 4.69) is 21.6 Å². The molecular weight excluding hydrogens is 194 g/mol. The molecule has 0 fully saturated rings. The van der Waals surface area contributed by atoms with E-state index in [9.17, 15) is 0 Å². The minimum absolute atomic E-state index is 0.999. The van der Waals surface area contributed by atoms with Gasteiger partial charge in [-0.1, -0.05) is 0 Å². The van der Waals surface area contributed by atoms with Crippen LogP contribution < -0.4 is 5.43 Å². The molecule has 1 aromatic carbocycles. The van der Waals surface area contributed by atoms with E-state index in [-0.39, 0.29) is 0 Å². The second kappa shape index (κ2) is 3.75. The molecule has 0 spiro atoms. The number of hydrogen-bond donors (Lipinski definition) is 1. The lowest BCUT2D eigenvalue weighted by atomic mass is 10.3. The first-order valence-electron chi connectivity index (χ1n) is 4.40. The zero-order valence-electron chi connectivity index (χ0n) is 8.11. The summed E-state index contributed by atoms with van der Waals surface area (Å²) in [5.41, 5.74) is 5.00. The van der Waals surface area contributed by atoms with Crippen LogP contribution in [-0.2, 0) is 0 Å². The van der Waals surface area contributed by atoms with Crippen LogP contribution in [0.15, 0.2) is 23.3 Å². The van der Waals surface area contributed by atoms with E-state index in [4.69, 9.17) is 0 Å². The Hall–Kier alpha value is -1.42. The van der Waals surface area contributed by atoms with Gasteiger partial charge in [0.1, 0.15) is 0 Å². The molecule has 2 rings (SSSR count). The highest BCUT2D eigenvalue weighted by Crippen LogP contribution is 2.24. The van der Waals surface area contributed by atoms with Crippen LogP contribution in [0.5, 0.6) is 0 Å². The zero-order valence-corrected chi connectivity index (χ0v) is 8.93. The van der Waals surface area contributed by atoms with Crippen molar-refractivity contribution in [2.45, 2.75) is 13.8 Å². The summed E-state index contributed by atoms with van der Waals surface area (Å²) in [6.45, 7) is 3.89. The maximum absolute atomic E-state index is 4.39. The molecule has 1 heterocycles. The van der Waals surface area contributed by atoms with Crippen molar-refractivity contribution in [2.24, 2.45) is 5.10 Å². The number of fused-ring (bicyclic) bond motifs is 1. The third-order valence-electron chi connectivity index (χ3n) is 1.82. The van der Waals surface area contributed by atoms with Crippen LogP contribution >= 0.6 is 11.3 Å². The molecule has 0 atom stereocenters. The summed E-state index contributed by atoms with van der Waals surface area (Å²) in [5, 5.41) is 5.06. The number of hydrogen-bond acceptors (Lipinski definition) is 4. The smallest absolute Gasteiger partial charge is 0.0907 e. The molecule has 1 N–H and O–H groups in total. The van der Waals surface area contributed by atoms with Gasteiger partial charge in [0.15, 0.2) is 0 Å². The van der Waals surface area contributed by atoms with E-state index in [1.807, 2.05) is 26.0 Å². The van der Waals surface area contributed by atoms with Crippen LogP contribution in [-0.4, -0.2) is 11.2 Å². The molecule has 0 saturated heterocycles. The lowest BCUT2D eigenvalue weighted by Crippen LogP contribution is -1.86. The number of nitrogens with one attached hydrogen (secondary N) is 1. The number of thiazole rings is 1. The molecule has 0 unspecified atom stereocenters. The minimum atomic E-state index is 0.999. The van der Waals surface area contributed by atoms with Crippen molar-refractivity contribution in [3.05, 3.63) is 23.2 Å². The van der Waals surface area contributed by atoms with Crippen LogP contribution in [0.4, 0.5) is 5.69 Å². The summed E-state index contributed by atoms with van der Waals surface area (Å²) >= 11 is 1.70. The van der Waals surface area contributed by atoms with Gasteiger partial charge >= 0.3 is 0 Å². The maximum Gasteiger partial charge on any atom is 0.0907 e. The summed E-state index contributed by atoms with van der Waals surface area (Å²) in [6, 6.07) is 6.05. The standard InChI is InChI=1S/C10H11N3S/c1-3-11-13-8-4-5-9-10(6-8)14-7(2)12-9/h3-6,13H,1-2H3/b11-3-. The summed E-state index contributed by atoms with van der Waals surface area (Å²) < 4.78 is 1.19. The van der Waals surface area contributed by atoms with Crippen LogP contribution in [0.1, 0.15) is 11.9 Å². The highest BCUT2D eigenvalue weighted by Gasteiger charge is 2.00. The Morgan fingerprint density at radius 2 is 2.36 bits per heavy atom. The number of aromatic nitrogens is 1. The monoisotopic (exact) mass is 205 g/mol. The first-order chi connectivity index (χ1) is 6.79. The molecule has 0 aliphatic carbocycles. The van der Waals surface area contributed by atoms with Gasteiger partial charge in [0.2, 0.25) is 0 Å². The average Bonchev–Trinajstić information content (AvgIpc) is 2.54. The van der Waals surface area contributed by atoms with Gasteiger partial charge in [-0.25, -0.2) is 4.98 Å². The third-order valence-corrected chi connectivity index (χ3v) is 2.75. The molecular formula is C10H11N3S. The predicted molar refractivity (Wildman–Crippen MR) is 62.1 cm³/mol. The van der Waals surface area contributed by atoms with Crippen LogP contribution in [0.25, 0.3) is 10.2 Å². The highest BCUT2D eigenvalue weighted by molar-refractivity contribution is 7.18. The summed E-state index contributed by atoms with van der Waals surface area (Å²) in [7, 11) is 0. The number of benzene rings is 1. The third kappa shape index (κ3) is 1.75. The van der Waals surface area contributed by atoms with Gasteiger partial charge in [-0.15, -0.1) is 11.3 Å². The van der Waals surface area contributed by atoms with Crippen molar-refractivity contribution in [1.82, 2.24) is 4.98 Å². The van der Waals surface area contributed by atoms with E-state index in [1.54, 1.807) is 17.6 Å². The van der Waals surface area contributed by atoms with E-state index in [0.717, 1.165) is 16.2 Å². The summed E-state index contributed by atoms with van der Waals surface area (Å²) in [5.74, 6) is 0. The zero-order chi connectivity index (χ0) is 9.97. The summed E-state index contributed by atoms with van der Waals surface area (Å²) in [4.78, 5) is 4.39. The Morgan fingerprint density at radius 1 is 1.50 bits per heavy atom. The predicted octanol–water partition coefficient (Wildman–Crippen LogP) is 3.02. The van der Waals surface area contributed by atoms with Crippen molar-refractivity contribution in [3.63, 3.8) is 0 Å². The molecule has 0 saturated carbocycles. The van der Waals surface area contributed by atoms with Crippen LogP contribution in [0.3, 0.4) is 0 Å². The molecule has 72 valence electrons. The largest absolute Gasteiger partial charge is 0.279 e. The number of nitrogens with zero attached hydrogens (tertiary/aromatic N) is 2. The fourth-order valence-corrected chi connectivity index (χ4v) is 2.11. The number of rotatable bonds is 2. The second-order valence-corrected chi connectivity index (χ2v) is 4.15. The van der Waals surface area contributed by atoms with Gasteiger partial charge in [-0.3, -0.25) is 5.43 Å². The molecule has 1 aromatic heterocycles. The van der Waals surface area contributed by atoms with Crippen LogP contribution in [0, 0.1) is 6.92 Å². The minimum Gasteiger partial charge on any atom is -0.279 e. The van der Waals surface area contributed by atoms with E-state index < -0.39 is 0 Å².